The fourth-order valence-electron chi connectivity index (χ4n) is 4.09. The van der Waals surface area contributed by atoms with Crippen molar-refractivity contribution in [3.8, 4) is 0 Å². The predicted molar refractivity (Wildman–Crippen MR) is 105 cm³/mol. The molecule has 1 aromatic carbocycles. The first-order valence-electron chi connectivity index (χ1n) is 10.2. The van der Waals surface area contributed by atoms with Crippen molar-refractivity contribution in [2.75, 3.05) is 39.3 Å². The molecule has 6 heteroatoms. The number of rotatable bonds is 5. The van der Waals surface area contributed by atoms with Crippen LogP contribution in [0, 0.1) is 5.82 Å². The largest absolute Gasteiger partial charge is 0.455 e. The molecule has 1 aromatic heterocycles. The molecule has 4 rings (SSSR count). The second-order valence-electron chi connectivity index (χ2n) is 7.76. The first-order chi connectivity index (χ1) is 13.7. The third-order valence-corrected chi connectivity index (χ3v) is 5.68. The van der Waals surface area contributed by atoms with Crippen LogP contribution in [-0.4, -0.2) is 59.9 Å². The van der Waals surface area contributed by atoms with Gasteiger partial charge in [0.05, 0.1) is 6.54 Å². The summed E-state index contributed by atoms with van der Waals surface area (Å²) in [5, 5.41) is 0. The van der Waals surface area contributed by atoms with Gasteiger partial charge in [0, 0.05) is 38.3 Å². The molecule has 0 atom stereocenters. The van der Waals surface area contributed by atoms with Gasteiger partial charge in [-0.2, -0.15) is 0 Å². The van der Waals surface area contributed by atoms with Crippen molar-refractivity contribution in [3.05, 3.63) is 59.3 Å². The zero-order valence-corrected chi connectivity index (χ0v) is 16.3. The highest BCUT2D eigenvalue weighted by molar-refractivity contribution is 5.91. The molecule has 0 spiro atoms. The van der Waals surface area contributed by atoms with Gasteiger partial charge in [0.25, 0.3) is 5.91 Å². The molecule has 150 valence electrons. The van der Waals surface area contributed by atoms with Crippen molar-refractivity contribution in [3.63, 3.8) is 0 Å². The number of hydrogen-bond acceptors (Lipinski definition) is 4. The van der Waals surface area contributed by atoms with Gasteiger partial charge in [-0.25, -0.2) is 4.39 Å². The van der Waals surface area contributed by atoms with E-state index < -0.39 is 0 Å². The number of furan rings is 1. The van der Waals surface area contributed by atoms with Crippen molar-refractivity contribution in [1.29, 1.82) is 0 Å². The molecule has 0 saturated carbocycles. The summed E-state index contributed by atoms with van der Waals surface area (Å²) >= 11 is 0. The van der Waals surface area contributed by atoms with Crippen LogP contribution < -0.4 is 0 Å². The lowest BCUT2D eigenvalue weighted by Gasteiger charge is -2.21. The maximum absolute atomic E-state index is 13.9. The number of amides is 1. The standard InChI is InChI=1S/C22H28FN3O2/c23-20-7-2-1-6-18(20)16-25-12-5-13-26(15-14-25)22(27)21-9-8-19(28-21)17-24-10-3-4-11-24/h1-2,6-9H,3-5,10-17H2. The van der Waals surface area contributed by atoms with E-state index in [0.29, 0.717) is 31.0 Å². The zero-order chi connectivity index (χ0) is 19.3. The minimum absolute atomic E-state index is 0.0413. The monoisotopic (exact) mass is 385 g/mol. The molecule has 2 fully saturated rings. The molecule has 0 unspecified atom stereocenters. The Morgan fingerprint density at radius 3 is 2.43 bits per heavy atom. The van der Waals surface area contributed by atoms with E-state index in [0.717, 1.165) is 44.9 Å². The number of likely N-dealkylation sites (tertiary alicyclic amines) is 1. The second kappa shape index (κ2) is 8.88. The van der Waals surface area contributed by atoms with Gasteiger partial charge in [-0.15, -0.1) is 0 Å². The molecule has 2 aliphatic rings. The van der Waals surface area contributed by atoms with Crippen LogP contribution >= 0.6 is 0 Å². The molecule has 0 bridgehead atoms. The Bertz CT molecular complexity index is 801. The average Bonchev–Trinajstić information content (AvgIpc) is 3.32. The number of nitrogens with zero attached hydrogens (tertiary/aromatic N) is 3. The zero-order valence-electron chi connectivity index (χ0n) is 16.3. The summed E-state index contributed by atoms with van der Waals surface area (Å²) in [4.78, 5) is 19.3. The summed E-state index contributed by atoms with van der Waals surface area (Å²) in [5.74, 6) is 1.08. The van der Waals surface area contributed by atoms with Crippen LogP contribution in [0.5, 0.6) is 0 Å². The van der Waals surface area contributed by atoms with E-state index >= 15 is 0 Å². The fraction of sp³-hybridized carbons (Fsp3) is 0.500. The van der Waals surface area contributed by atoms with Crippen molar-refractivity contribution in [2.45, 2.75) is 32.4 Å². The quantitative estimate of drug-likeness (QED) is 0.791. The maximum Gasteiger partial charge on any atom is 0.289 e. The normalized spacial score (nSPS) is 19.1. The first-order valence-corrected chi connectivity index (χ1v) is 10.2. The van der Waals surface area contributed by atoms with Crippen molar-refractivity contribution >= 4 is 5.91 Å². The Labute approximate surface area is 165 Å². The van der Waals surface area contributed by atoms with E-state index in [9.17, 15) is 9.18 Å². The molecule has 0 radical (unpaired) electrons. The van der Waals surface area contributed by atoms with Gasteiger partial charge < -0.3 is 9.32 Å². The summed E-state index contributed by atoms with van der Waals surface area (Å²) in [6.07, 6.45) is 3.36. The molecule has 0 aliphatic carbocycles. The first kappa shape index (κ1) is 19.2. The highest BCUT2D eigenvalue weighted by Crippen LogP contribution is 2.18. The van der Waals surface area contributed by atoms with Gasteiger partial charge in [-0.05, 0) is 50.6 Å². The van der Waals surface area contributed by atoms with Crippen LogP contribution in [-0.2, 0) is 13.1 Å². The summed E-state index contributed by atoms with van der Waals surface area (Å²) in [5.41, 5.74) is 0.708. The van der Waals surface area contributed by atoms with Gasteiger partial charge >= 0.3 is 0 Å². The number of halogens is 1. The maximum atomic E-state index is 13.9. The van der Waals surface area contributed by atoms with Crippen molar-refractivity contribution in [1.82, 2.24) is 14.7 Å². The van der Waals surface area contributed by atoms with Gasteiger partial charge in [-0.1, -0.05) is 18.2 Å². The number of carbonyl (C=O) groups is 1. The summed E-state index contributed by atoms with van der Waals surface area (Å²) in [6.45, 7) is 6.50. The van der Waals surface area contributed by atoms with E-state index in [-0.39, 0.29) is 11.7 Å². The molecule has 2 saturated heterocycles. The third-order valence-electron chi connectivity index (χ3n) is 5.68. The second-order valence-corrected chi connectivity index (χ2v) is 7.76. The van der Waals surface area contributed by atoms with Crippen molar-refractivity contribution in [2.24, 2.45) is 0 Å². The fourth-order valence-corrected chi connectivity index (χ4v) is 4.09. The SMILES string of the molecule is O=C(c1ccc(CN2CCCC2)o1)N1CCCN(Cc2ccccc2F)CC1. The smallest absolute Gasteiger partial charge is 0.289 e. The third kappa shape index (κ3) is 4.62. The molecule has 2 aliphatic heterocycles. The van der Waals surface area contributed by atoms with Gasteiger partial charge in [-0.3, -0.25) is 14.6 Å². The molecule has 0 N–H and O–H groups in total. The van der Waals surface area contributed by atoms with Crippen LogP contribution in [0.2, 0.25) is 0 Å². The Balaban J connectivity index is 1.33. The van der Waals surface area contributed by atoms with Crippen LogP contribution in [0.4, 0.5) is 4.39 Å². The van der Waals surface area contributed by atoms with E-state index in [2.05, 4.69) is 9.80 Å². The lowest BCUT2D eigenvalue weighted by atomic mass is 10.2. The van der Waals surface area contributed by atoms with Gasteiger partial charge in [0.1, 0.15) is 11.6 Å². The molecule has 2 aromatic rings. The number of benzene rings is 1. The van der Waals surface area contributed by atoms with Crippen LogP contribution in [0.15, 0.2) is 40.8 Å². The lowest BCUT2D eigenvalue weighted by molar-refractivity contribution is 0.0725. The highest BCUT2D eigenvalue weighted by atomic mass is 19.1. The summed E-state index contributed by atoms with van der Waals surface area (Å²) in [6, 6.07) is 10.6. The van der Waals surface area contributed by atoms with E-state index in [1.165, 1.54) is 18.9 Å². The average molecular weight is 385 g/mol. The van der Waals surface area contributed by atoms with Gasteiger partial charge in [0.15, 0.2) is 5.76 Å². The molecule has 1 amide bonds. The molecule has 5 nitrogen and oxygen atoms in total. The minimum Gasteiger partial charge on any atom is -0.455 e. The Hall–Kier alpha value is -2.18. The lowest BCUT2D eigenvalue weighted by Crippen LogP contribution is -2.35. The van der Waals surface area contributed by atoms with E-state index in [1.807, 2.05) is 23.1 Å². The minimum atomic E-state index is -0.166. The van der Waals surface area contributed by atoms with E-state index in [1.54, 1.807) is 12.1 Å². The van der Waals surface area contributed by atoms with E-state index in [4.69, 9.17) is 4.42 Å². The predicted octanol–water partition coefficient (Wildman–Crippen LogP) is 3.36. The molecular weight excluding hydrogens is 357 g/mol. The summed E-state index contributed by atoms with van der Waals surface area (Å²) < 4.78 is 19.8. The Morgan fingerprint density at radius 1 is 0.857 bits per heavy atom. The van der Waals surface area contributed by atoms with Crippen LogP contribution in [0.25, 0.3) is 0 Å². The number of carbonyl (C=O) groups excluding carboxylic acids is 1. The van der Waals surface area contributed by atoms with Crippen LogP contribution in [0.3, 0.4) is 0 Å². The molecule has 3 heterocycles. The molecule has 28 heavy (non-hydrogen) atoms. The number of hydrogen-bond donors (Lipinski definition) is 0. The summed E-state index contributed by atoms with van der Waals surface area (Å²) in [7, 11) is 0. The Morgan fingerprint density at radius 2 is 1.61 bits per heavy atom. The van der Waals surface area contributed by atoms with Gasteiger partial charge in [0.2, 0.25) is 0 Å². The highest BCUT2D eigenvalue weighted by Gasteiger charge is 2.23. The van der Waals surface area contributed by atoms with Crippen LogP contribution in [0.1, 0.15) is 41.1 Å². The molecular formula is C22H28FN3O2. The Kier molecular flexibility index (Phi) is 6.07. The van der Waals surface area contributed by atoms with Crippen molar-refractivity contribution < 1.29 is 13.6 Å². The topological polar surface area (TPSA) is 39.9 Å².